The lowest BCUT2D eigenvalue weighted by Crippen LogP contribution is -2.32. The van der Waals surface area contributed by atoms with E-state index >= 15 is 0 Å². The Morgan fingerprint density at radius 3 is 2.95 bits per heavy atom. The summed E-state index contributed by atoms with van der Waals surface area (Å²) in [6.07, 6.45) is 3.71. The number of thiophene rings is 1. The van der Waals surface area contributed by atoms with Gasteiger partial charge < -0.3 is 4.90 Å². The highest BCUT2D eigenvalue weighted by Crippen LogP contribution is 2.36. The number of carbonyl (C=O) groups is 1. The molecule has 0 spiro atoms. The second kappa shape index (κ2) is 5.24. The minimum absolute atomic E-state index is 0.168. The third-order valence-corrected chi connectivity index (χ3v) is 5.13. The molecule has 0 radical (unpaired) electrons. The standard InChI is InChI=1S/C16H17N3OS/c20-16-15-10-18(7-12-2-1-4-17-6-12)8-13(15)9-19(16)14-3-5-21-11-14/h1-6,11,13,15H,7-10H2/t13-,15-/m0/s1. The van der Waals surface area contributed by atoms with E-state index in [1.54, 1.807) is 17.5 Å². The molecule has 2 atom stereocenters. The lowest BCUT2D eigenvalue weighted by Gasteiger charge is -2.20. The molecule has 2 aliphatic rings. The summed E-state index contributed by atoms with van der Waals surface area (Å²) in [5.74, 6) is 0.933. The van der Waals surface area contributed by atoms with Crippen molar-refractivity contribution in [3.63, 3.8) is 0 Å². The second-order valence-electron chi connectivity index (χ2n) is 5.85. The van der Waals surface area contributed by atoms with Gasteiger partial charge in [-0.25, -0.2) is 0 Å². The Bertz CT molecular complexity index is 628. The number of amides is 1. The third-order valence-electron chi connectivity index (χ3n) is 4.46. The lowest BCUT2D eigenvalue weighted by atomic mass is 10.0. The van der Waals surface area contributed by atoms with Crippen molar-refractivity contribution in [1.29, 1.82) is 0 Å². The first-order chi connectivity index (χ1) is 10.3. The molecule has 2 aliphatic heterocycles. The van der Waals surface area contributed by atoms with Crippen LogP contribution in [-0.2, 0) is 11.3 Å². The highest BCUT2D eigenvalue weighted by atomic mass is 32.1. The van der Waals surface area contributed by atoms with Gasteiger partial charge in [0.2, 0.25) is 5.91 Å². The van der Waals surface area contributed by atoms with Crippen molar-refractivity contribution < 1.29 is 4.79 Å². The van der Waals surface area contributed by atoms with Gasteiger partial charge in [0, 0.05) is 49.9 Å². The van der Waals surface area contributed by atoms with Crippen LogP contribution in [0.25, 0.3) is 0 Å². The first kappa shape index (κ1) is 13.0. The number of pyridine rings is 1. The maximum atomic E-state index is 12.6. The molecule has 1 amide bonds. The molecule has 0 aliphatic carbocycles. The van der Waals surface area contributed by atoms with Gasteiger partial charge in [-0.05, 0) is 23.1 Å². The van der Waals surface area contributed by atoms with Gasteiger partial charge in [-0.1, -0.05) is 6.07 Å². The minimum atomic E-state index is 0.168. The molecule has 4 rings (SSSR count). The highest BCUT2D eigenvalue weighted by molar-refractivity contribution is 7.08. The predicted molar refractivity (Wildman–Crippen MR) is 83.2 cm³/mol. The topological polar surface area (TPSA) is 36.4 Å². The Morgan fingerprint density at radius 1 is 1.29 bits per heavy atom. The van der Waals surface area contributed by atoms with Gasteiger partial charge in [0.25, 0.3) is 0 Å². The Morgan fingerprint density at radius 2 is 2.24 bits per heavy atom. The number of hydrogen-bond acceptors (Lipinski definition) is 4. The van der Waals surface area contributed by atoms with E-state index in [1.807, 2.05) is 28.6 Å². The summed E-state index contributed by atoms with van der Waals surface area (Å²) in [6.45, 7) is 3.64. The summed E-state index contributed by atoms with van der Waals surface area (Å²) in [7, 11) is 0. The number of likely N-dealkylation sites (tertiary alicyclic amines) is 1. The van der Waals surface area contributed by atoms with Crippen LogP contribution in [0.15, 0.2) is 41.4 Å². The second-order valence-corrected chi connectivity index (χ2v) is 6.63. The van der Waals surface area contributed by atoms with Crippen molar-refractivity contribution in [3.8, 4) is 0 Å². The summed E-state index contributed by atoms with van der Waals surface area (Å²) < 4.78 is 0. The molecule has 0 unspecified atom stereocenters. The Balaban J connectivity index is 1.44. The number of fused-ring (bicyclic) bond motifs is 1. The van der Waals surface area contributed by atoms with E-state index in [0.29, 0.717) is 11.8 Å². The van der Waals surface area contributed by atoms with Crippen LogP contribution in [0.4, 0.5) is 5.69 Å². The molecule has 2 aromatic rings. The zero-order chi connectivity index (χ0) is 14.2. The summed E-state index contributed by atoms with van der Waals surface area (Å²) in [4.78, 5) is 21.1. The first-order valence-electron chi connectivity index (χ1n) is 7.26. The molecule has 2 fully saturated rings. The van der Waals surface area contributed by atoms with Crippen molar-refractivity contribution in [2.24, 2.45) is 11.8 Å². The van der Waals surface area contributed by atoms with Crippen LogP contribution in [0.3, 0.4) is 0 Å². The quantitative estimate of drug-likeness (QED) is 0.872. The van der Waals surface area contributed by atoms with Gasteiger partial charge in [0.1, 0.15) is 0 Å². The van der Waals surface area contributed by atoms with E-state index in [2.05, 4.69) is 21.3 Å². The Kier molecular flexibility index (Phi) is 3.24. The number of nitrogens with zero attached hydrogens (tertiary/aromatic N) is 3. The van der Waals surface area contributed by atoms with E-state index in [1.165, 1.54) is 5.56 Å². The van der Waals surface area contributed by atoms with Crippen LogP contribution in [0.5, 0.6) is 0 Å². The van der Waals surface area contributed by atoms with Crippen molar-refractivity contribution in [2.75, 3.05) is 24.5 Å². The molecule has 0 bridgehead atoms. The van der Waals surface area contributed by atoms with Crippen molar-refractivity contribution in [3.05, 3.63) is 46.9 Å². The number of aromatic nitrogens is 1. The largest absolute Gasteiger partial charge is 0.311 e. The van der Waals surface area contributed by atoms with Gasteiger partial charge in [-0.3, -0.25) is 14.7 Å². The SMILES string of the molecule is O=C1[C@H]2CN(Cc3cccnc3)C[C@H]2CN1c1ccsc1. The molecular formula is C16H17N3OS. The van der Waals surface area contributed by atoms with Crippen LogP contribution in [0.1, 0.15) is 5.56 Å². The van der Waals surface area contributed by atoms with Gasteiger partial charge >= 0.3 is 0 Å². The van der Waals surface area contributed by atoms with Crippen LogP contribution >= 0.6 is 11.3 Å². The Labute approximate surface area is 128 Å². The normalized spacial score (nSPS) is 25.5. The molecule has 4 nitrogen and oxygen atoms in total. The van der Waals surface area contributed by atoms with Crippen LogP contribution in [-0.4, -0.2) is 35.4 Å². The van der Waals surface area contributed by atoms with Gasteiger partial charge in [-0.2, -0.15) is 11.3 Å². The number of rotatable bonds is 3. The minimum Gasteiger partial charge on any atom is -0.311 e. The molecule has 0 aromatic carbocycles. The zero-order valence-corrected chi connectivity index (χ0v) is 12.5. The van der Waals surface area contributed by atoms with Gasteiger partial charge in [0.15, 0.2) is 0 Å². The molecule has 2 saturated heterocycles. The molecule has 2 aromatic heterocycles. The lowest BCUT2D eigenvalue weighted by molar-refractivity contribution is -0.120. The van der Waals surface area contributed by atoms with Gasteiger partial charge in [-0.15, -0.1) is 0 Å². The van der Waals surface area contributed by atoms with Crippen molar-refractivity contribution in [1.82, 2.24) is 9.88 Å². The van der Waals surface area contributed by atoms with Crippen LogP contribution < -0.4 is 4.90 Å². The summed E-state index contributed by atoms with van der Waals surface area (Å²) >= 11 is 1.65. The average Bonchev–Trinajstić information content (AvgIpc) is 3.19. The maximum absolute atomic E-state index is 12.6. The monoisotopic (exact) mass is 299 g/mol. The smallest absolute Gasteiger partial charge is 0.231 e. The number of anilines is 1. The van der Waals surface area contributed by atoms with E-state index in [9.17, 15) is 4.79 Å². The summed E-state index contributed by atoms with van der Waals surface area (Å²) in [5, 5.41) is 4.10. The molecule has 0 N–H and O–H groups in total. The molecule has 5 heteroatoms. The predicted octanol–water partition coefficient (Wildman–Crippen LogP) is 2.24. The summed E-state index contributed by atoms with van der Waals surface area (Å²) in [5.41, 5.74) is 2.29. The van der Waals surface area contributed by atoms with Crippen molar-refractivity contribution >= 4 is 22.9 Å². The van der Waals surface area contributed by atoms with Crippen molar-refractivity contribution in [2.45, 2.75) is 6.54 Å². The first-order valence-corrected chi connectivity index (χ1v) is 8.20. The fraction of sp³-hybridized carbons (Fsp3) is 0.375. The molecular weight excluding hydrogens is 282 g/mol. The molecule has 0 saturated carbocycles. The Hall–Kier alpha value is -1.72. The zero-order valence-electron chi connectivity index (χ0n) is 11.7. The van der Waals surface area contributed by atoms with Gasteiger partial charge in [0.05, 0.1) is 11.6 Å². The third kappa shape index (κ3) is 2.36. The average molecular weight is 299 g/mol. The number of hydrogen-bond donors (Lipinski definition) is 0. The number of carbonyl (C=O) groups excluding carboxylic acids is 1. The van der Waals surface area contributed by atoms with Crippen LogP contribution in [0.2, 0.25) is 0 Å². The molecule has 4 heterocycles. The fourth-order valence-electron chi connectivity index (χ4n) is 3.47. The van der Waals surface area contributed by atoms with E-state index in [0.717, 1.165) is 31.9 Å². The molecule has 108 valence electrons. The fourth-order valence-corrected chi connectivity index (χ4v) is 4.11. The van der Waals surface area contributed by atoms with E-state index in [4.69, 9.17) is 0 Å². The van der Waals surface area contributed by atoms with Crippen LogP contribution in [0, 0.1) is 11.8 Å². The van der Waals surface area contributed by atoms with E-state index in [-0.39, 0.29) is 5.92 Å². The highest BCUT2D eigenvalue weighted by Gasteiger charge is 2.46. The summed E-state index contributed by atoms with van der Waals surface area (Å²) in [6, 6.07) is 6.10. The van der Waals surface area contributed by atoms with E-state index < -0.39 is 0 Å². The maximum Gasteiger partial charge on any atom is 0.231 e. The molecule has 21 heavy (non-hydrogen) atoms.